The number of hydrogen-bond acceptors (Lipinski definition) is 8. The molecule has 0 spiro atoms. The summed E-state index contributed by atoms with van der Waals surface area (Å²) in [5.41, 5.74) is -0.0476. The highest BCUT2D eigenvalue weighted by Gasteiger charge is 2.30. The van der Waals surface area contributed by atoms with E-state index in [1.165, 1.54) is 6.20 Å². The van der Waals surface area contributed by atoms with Crippen LogP contribution in [0.25, 0.3) is 11.0 Å². The topological polar surface area (TPSA) is 123 Å². The Balaban J connectivity index is 1.60. The van der Waals surface area contributed by atoms with E-state index in [-0.39, 0.29) is 35.7 Å². The number of esters is 1. The standard InChI is InChI=1S/C29H35ClN4O6/c1-29(2,3)40-24(35)16-38-20-11-12-22-21(14-20)25(33-27(36)17-6-9-19(10-7-17)34(4)5)26(39-22)28(37)32-23-13-8-18(30)15-31-23/h8,11-15,17,19H,6-7,9-10,16H2,1-5H3,(H,33,36)(H,31,32,37)/t17-,19-. The number of carbonyl (C=O) groups is 3. The fourth-order valence-electron chi connectivity index (χ4n) is 4.67. The highest BCUT2D eigenvalue weighted by molar-refractivity contribution is 6.30. The smallest absolute Gasteiger partial charge is 0.344 e. The summed E-state index contributed by atoms with van der Waals surface area (Å²) >= 11 is 5.91. The fourth-order valence-corrected chi connectivity index (χ4v) is 4.78. The summed E-state index contributed by atoms with van der Waals surface area (Å²) in [6.45, 7) is 5.02. The van der Waals surface area contributed by atoms with Gasteiger partial charge in [0.1, 0.15) is 28.4 Å². The van der Waals surface area contributed by atoms with Gasteiger partial charge in [-0.3, -0.25) is 9.59 Å². The lowest BCUT2D eigenvalue weighted by Crippen LogP contribution is -2.35. The molecule has 4 rings (SSSR count). The van der Waals surface area contributed by atoms with Crippen molar-refractivity contribution in [2.24, 2.45) is 5.92 Å². The van der Waals surface area contributed by atoms with Crippen molar-refractivity contribution in [3.8, 4) is 5.75 Å². The predicted octanol–water partition coefficient (Wildman–Crippen LogP) is 5.51. The molecule has 11 heteroatoms. The average molecular weight is 571 g/mol. The van der Waals surface area contributed by atoms with Crippen LogP contribution in [-0.4, -0.2) is 60.0 Å². The Labute approximate surface area is 238 Å². The Morgan fingerprint density at radius 3 is 2.42 bits per heavy atom. The number of hydrogen-bond donors (Lipinski definition) is 2. The summed E-state index contributed by atoms with van der Waals surface area (Å²) in [7, 11) is 4.09. The Kier molecular flexibility index (Phi) is 9.00. The van der Waals surface area contributed by atoms with Gasteiger partial charge in [-0.05, 0) is 90.9 Å². The van der Waals surface area contributed by atoms with Crippen molar-refractivity contribution in [2.45, 2.75) is 58.1 Å². The van der Waals surface area contributed by atoms with Crippen LogP contribution >= 0.6 is 11.6 Å². The Morgan fingerprint density at radius 2 is 1.80 bits per heavy atom. The number of fused-ring (bicyclic) bond motifs is 1. The van der Waals surface area contributed by atoms with E-state index in [1.54, 1.807) is 51.1 Å². The van der Waals surface area contributed by atoms with Crippen molar-refractivity contribution in [1.82, 2.24) is 9.88 Å². The summed E-state index contributed by atoms with van der Waals surface area (Å²) in [4.78, 5) is 45.1. The first-order valence-corrected chi connectivity index (χ1v) is 13.6. The first kappa shape index (κ1) is 29.4. The number of nitrogens with zero attached hydrogens (tertiary/aromatic N) is 2. The molecule has 0 saturated heterocycles. The summed E-state index contributed by atoms with van der Waals surface area (Å²) in [6.07, 6.45) is 4.72. The van der Waals surface area contributed by atoms with Gasteiger partial charge in [0.2, 0.25) is 11.7 Å². The summed E-state index contributed by atoms with van der Waals surface area (Å²) in [5.74, 6) is -0.930. The van der Waals surface area contributed by atoms with Crippen LogP contribution in [-0.2, 0) is 14.3 Å². The van der Waals surface area contributed by atoms with Crippen LogP contribution in [0.3, 0.4) is 0 Å². The molecule has 1 aliphatic rings. The normalized spacial score (nSPS) is 17.5. The van der Waals surface area contributed by atoms with Crippen LogP contribution in [0.1, 0.15) is 57.0 Å². The number of benzene rings is 1. The molecule has 0 aliphatic heterocycles. The zero-order valence-electron chi connectivity index (χ0n) is 23.4. The minimum atomic E-state index is -0.640. The van der Waals surface area contributed by atoms with E-state index >= 15 is 0 Å². The van der Waals surface area contributed by atoms with Gasteiger partial charge in [0.05, 0.1) is 5.02 Å². The van der Waals surface area contributed by atoms with Gasteiger partial charge in [-0.1, -0.05) is 11.6 Å². The van der Waals surface area contributed by atoms with E-state index in [4.69, 9.17) is 25.5 Å². The van der Waals surface area contributed by atoms with Crippen molar-refractivity contribution in [3.05, 3.63) is 47.3 Å². The lowest BCUT2D eigenvalue weighted by Gasteiger charge is -2.31. The zero-order valence-corrected chi connectivity index (χ0v) is 24.1. The SMILES string of the molecule is CN(C)[C@H]1CC[C@H](C(=O)Nc2c(C(=O)Nc3ccc(Cl)cn3)oc3ccc(OCC(=O)OC(C)(C)C)cc23)CC1. The largest absolute Gasteiger partial charge is 0.482 e. The molecule has 0 radical (unpaired) electrons. The van der Waals surface area contributed by atoms with E-state index in [1.807, 2.05) is 14.1 Å². The van der Waals surface area contributed by atoms with Gasteiger partial charge in [-0.2, -0.15) is 0 Å². The van der Waals surface area contributed by atoms with Crippen LogP contribution in [0.5, 0.6) is 5.75 Å². The maximum Gasteiger partial charge on any atom is 0.344 e. The monoisotopic (exact) mass is 570 g/mol. The quantitative estimate of drug-likeness (QED) is 0.340. The average Bonchev–Trinajstić information content (AvgIpc) is 3.25. The van der Waals surface area contributed by atoms with Gasteiger partial charge in [-0.25, -0.2) is 9.78 Å². The number of aromatic nitrogens is 1. The molecule has 2 amide bonds. The van der Waals surface area contributed by atoms with Crippen molar-refractivity contribution < 1.29 is 28.3 Å². The van der Waals surface area contributed by atoms with Gasteiger partial charge in [0.25, 0.3) is 5.91 Å². The second-order valence-corrected chi connectivity index (χ2v) is 11.5. The Bertz CT molecular complexity index is 1370. The molecule has 0 bridgehead atoms. The highest BCUT2D eigenvalue weighted by Crippen LogP contribution is 2.36. The molecule has 2 aromatic heterocycles. The van der Waals surface area contributed by atoms with Crippen LogP contribution in [0, 0.1) is 5.92 Å². The second kappa shape index (κ2) is 12.3. The molecule has 2 N–H and O–H groups in total. The maximum atomic E-state index is 13.4. The first-order valence-electron chi connectivity index (χ1n) is 13.2. The van der Waals surface area contributed by atoms with Gasteiger partial charge < -0.3 is 29.4 Å². The van der Waals surface area contributed by atoms with Crippen molar-refractivity contribution in [1.29, 1.82) is 0 Å². The van der Waals surface area contributed by atoms with Gasteiger partial charge in [0, 0.05) is 23.5 Å². The number of pyridine rings is 1. The number of ether oxygens (including phenoxy) is 2. The van der Waals surface area contributed by atoms with Crippen molar-refractivity contribution in [2.75, 3.05) is 31.3 Å². The number of amides is 2. The lowest BCUT2D eigenvalue weighted by molar-refractivity contribution is -0.157. The third kappa shape index (κ3) is 7.51. The fraction of sp³-hybridized carbons (Fsp3) is 0.448. The zero-order chi connectivity index (χ0) is 29.0. The minimum Gasteiger partial charge on any atom is -0.482 e. The van der Waals surface area contributed by atoms with E-state index in [0.29, 0.717) is 27.8 Å². The van der Waals surface area contributed by atoms with Gasteiger partial charge >= 0.3 is 5.97 Å². The van der Waals surface area contributed by atoms with Gasteiger partial charge in [-0.15, -0.1) is 0 Å². The van der Waals surface area contributed by atoms with Crippen molar-refractivity contribution >= 4 is 51.9 Å². The Morgan fingerprint density at radius 1 is 1.07 bits per heavy atom. The molecular weight excluding hydrogens is 536 g/mol. The van der Waals surface area contributed by atoms with Crippen molar-refractivity contribution in [3.63, 3.8) is 0 Å². The van der Waals surface area contributed by atoms with E-state index < -0.39 is 17.5 Å². The van der Waals surface area contributed by atoms with Crippen LogP contribution < -0.4 is 15.4 Å². The van der Waals surface area contributed by atoms with E-state index in [0.717, 1.165) is 25.7 Å². The molecule has 214 valence electrons. The molecule has 2 heterocycles. The molecule has 1 fully saturated rings. The number of anilines is 2. The van der Waals surface area contributed by atoms with Gasteiger partial charge in [0.15, 0.2) is 6.61 Å². The number of carbonyl (C=O) groups excluding carboxylic acids is 3. The third-order valence-corrected chi connectivity index (χ3v) is 6.88. The van der Waals surface area contributed by atoms with Crippen LogP contribution in [0.4, 0.5) is 11.5 Å². The summed E-state index contributed by atoms with van der Waals surface area (Å²) in [6, 6.07) is 8.47. The van der Waals surface area contributed by atoms with E-state index in [2.05, 4.69) is 20.5 Å². The van der Waals surface area contributed by atoms with E-state index in [9.17, 15) is 14.4 Å². The molecular formula is C29H35ClN4O6. The molecule has 1 saturated carbocycles. The third-order valence-electron chi connectivity index (χ3n) is 6.66. The number of rotatable bonds is 8. The minimum absolute atomic E-state index is 0.0774. The Hall–Kier alpha value is -3.63. The molecule has 1 aromatic carbocycles. The second-order valence-electron chi connectivity index (χ2n) is 11.1. The summed E-state index contributed by atoms with van der Waals surface area (Å²) in [5, 5.41) is 6.53. The van der Waals surface area contributed by atoms with Crippen LogP contribution in [0.2, 0.25) is 5.02 Å². The molecule has 0 atom stereocenters. The number of nitrogens with one attached hydrogen (secondary N) is 2. The molecule has 10 nitrogen and oxygen atoms in total. The predicted molar refractivity (Wildman–Crippen MR) is 153 cm³/mol. The molecule has 40 heavy (non-hydrogen) atoms. The number of furan rings is 1. The lowest BCUT2D eigenvalue weighted by atomic mass is 9.85. The molecule has 1 aliphatic carbocycles. The first-order chi connectivity index (χ1) is 18.9. The maximum absolute atomic E-state index is 13.4. The molecule has 0 unspecified atom stereocenters. The molecule has 3 aromatic rings. The highest BCUT2D eigenvalue weighted by atomic mass is 35.5. The number of halogens is 1. The summed E-state index contributed by atoms with van der Waals surface area (Å²) < 4.78 is 16.9. The van der Waals surface area contributed by atoms with Crippen LogP contribution in [0.15, 0.2) is 40.9 Å².